The largest absolute Gasteiger partial charge is 0.326 e. The Morgan fingerprint density at radius 2 is 2.27 bits per heavy atom. The average Bonchev–Trinajstić information content (AvgIpc) is 2.63. The highest BCUT2D eigenvalue weighted by molar-refractivity contribution is 9.10. The lowest BCUT2D eigenvalue weighted by molar-refractivity contribution is 0.746. The highest BCUT2D eigenvalue weighted by atomic mass is 79.9. The summed E-state index contributed by atoms with van der Waals surface area (Å²) in [6.07, 6.45) is 1.68. The van der Waals surface area contributed by atoms with Crippen molar-refractivity contribution in [2.75, 3.05) is 0 Å². The molecule has 2 aromatic heterocycles. The second-order valence-electron chi connectivity index (χ2n) is 3.00. The average molecular weight is 309 g/mol. The van der Waals surface area contributed by atoms with Crippen molar-refractivity contribution in [3.05, 3.63) is 21.6 Å². The van der Waals surface area contributed by atoms with E-state index in [-0.39, 0.29) is 0 Å². The summed E-state index contributed by atoms with van der Waals surface area (Å²) in [7, 11) is 0. The minimum atomic E-state index is 0.366. The Labute approximate surface area is 106 Å². The van der Waals surface area contributed by atoms with E-state index >= 15 is 0 Å². The van der Waals surface area contributed by atoms with E-state index in [1.54, 1.807) is 6.20 Å². The van der Waals surface area contributed by atoms with Crippen molar-refractivity contribution in [3.63, 3.8) is 0 Å². The van der Waals surface area contributed by atoms with Gasteiger partial charge in [-0.15, -0.1) is 11.6 Å². The molecule has 0 spiro atoms. The fraction of sp³-hybridized carbons (Fsp3) is 0.333. The lowest BCUT2D eigenvalue weighted by Gasteiger charge is -2.04. The van der Waals surface area contributed by atoms with E-state index < -0.39 is 0 Å². The number of fused-ring (bicyclic) bond motifs is 1. The molecule has 2 rings (SSSR count). The number of aromatic nitrogens is 3. The van der Waals surface area contributed by atoms with Gasteiger partial charge in [-0.25, -0.2) is 9.97 Å². The lowest BCUT2D eigenvalue weighted by atomic mass is 10.4. The van der Waals surface area contributed by atoms with E-state index in [1.807, 2.05) is 11.5 Å². The van der Waals surface area contributed by atoms with Gasteiger partial charge in [0.25, 0.3) is 0 Å². The molecule has 3 nitrogen and oxygen atoms in total. The number of halogens is 3. The Morgan fingerprint density at radius 1 is 1.53 bits per heavy atom. The second kappa shape index (κ2) is 4.28. The molecule has 0 aliphatic carbocycles. The number of alkyl halides is 1. The Kier molecular flexibility index (Phi) is 3.19. The first kappa shape index (κ1) is 11.2. The summed E-state index contributed by atoms with van der Waals surface area (Å²) in [6.45, 7) is 2.84. The molecule has 15 heavy (non-hydrogen) atoms. The number of hydrogen-bond donors (Lipinski definition) is 0. The molecule has 0 fully saturated rings. The van der Waals surface area contributed by atoms with Crippen LogP contribution >= 0.6 is 39.1 Å². The summed E-state index contributed by atoms with van der Waals surface area (Å²) < 4.78 is 2.91. The second-order valence-corrected chi connectivity index (χ2v) is 4.48. The Hall–Kier alpha value is -0.320. The standard InChI is InChI=1S/C9H8BrCl2N3/c1-2-15-6(3-11)14-7-8(15)5(10)4-13-9(7)12/h4H,2-3H2,1H3. The van der Waals surface area contributed by atoms with E-state index in [0.717, 1.165) is 22.4 Å². The van der Waals surface area contributed by atoms with Gasteiger partial charge in [-0.3, -0.25) is 0 Å². The van der Waals surface area contributed by atoms with Gasteiger partial charge in [0, 0.05) is 12.7 Å². The van der Waals surface area contributed by atoms with Gasteiger partial charge in [0.2, 0.25) is 0 Å². The first-order chi connectivity index (χ1) is 7.19. The minimum absolute atomic E-state index is 0.366. The Balaban J connectivity index is 2.87. The summed E-state index contributed by atoms with van der Waals surface area (Å²) in [6, 6.07) is 0. The number of rotatable bonds is 2. The molecule has 6 heteroatoms. The molecule has 0 atom stereocenters. The minimum Gasteiger partial charge on any atom is -0.326 e. The van der Waals surface area contributed by atoms with Crippen molar-refractivity contribution in [2.45, 2.75) is 19.3 Å². The molecule has 0 aliphatic rings. The molecule has 2 aromatic rings. The van der Waals surface area contributed by atoms with Crippen molar-refractivity contribution in [1.29, 1.82) is 0 Å². The van der Waals surface area contributed by atoms with Gasteiger partial charge in [0.1, 0.15) is 11.3 Å². The summed E-state index contributed by atoms with van der Waals surface area (Å²) in [5.74, 6) is 1.18. The molecule has 0 bridgehead atoms. The van der Waals surface area contributed by atoms with Gasteiger partial charge >= 0.3 is 0 Å². The van der Waals surface area contributed by atoms with Crippen molar-refractivity contribution >= 4 is 50.2 Å². The zero-order valence-corrected chi connectivity index (χ0v) is 11.1. The molecule has 80 valence electrons. The van der Waals surface area contributed by atoms with E-state index in [9.17, 15) is 0 Å². The predicted octanol–water partition coefficient (Wildman–Crippen LogP) is 3.61. The fourth-order valence-corrected chi connectivity index (χ4v) is 2.45. The van der Waals surface area contributed by atoms with Crippen LogP contribution < -0.4 is 0 Å². The van der Waals surface area contributed by atoms with E-state index in [0.29, 0.717) is 16.5 Å². The summed E-state index contributed by atoms with van der Waals surface area (Å²) >= 11 is 15.2. The molecule has 2 heterocycles. The van der Waals surface area contributed by atoms with E-state index in [4.69, 9.17) is 23.2 Å². The van der Waals surface area contributed by atoms with Crippen LogP contribution in [-0.4, -0.2) is 14.5 Å². The highest BCUT2D eigenvalue weighted by Gasteiger charge is 2.14. The summed E-state index contributed by atoms with van der Waals surface area (Å²) in [5, 5.41) is 0.409. The van der Waals surface area contributed by atoms with Gasteiger partial charge in [0.05, 0.1) is 15.9 Å². The van der Waals surface area contributed by atoms with Crippen LogP contribution in [0.25, 0.3) is 11.0 Å². The van der Waals surface area contributed by atoms with Crippen LogP contribution in [0.3, 0.4) is 0 Å². The van der Waals surface area contributed by atoms with Crippen LogP contribution in [0.15, 0.2) is 10.7 Å². The smallest absolute Gasteiger partial charge is 0.156 e. The van der Waals surface area contributed by atoms with Crippen LogP contribution in [0.5, 0.6) is 0 Å². The van der Waals surface area contributed by atoms with Crippen LogP contribution in [-0.2, 0) is 12.4 Å². The summed E-state index contributed by atoms with van der Waals surface area (Å²) in [4.78, 5) is 8.40. The topological polar surface area (TPSA) is 30.7 Å². The molecule has 0 N–H and O–H groups in total. The maximum absolute atomic E-state index is 5.98. The van der Waals surface area contributed by atoms with Crippen molar-refractivity contribution in [2.24, 2.45) is 0 Å². The van der Waals surface area contributed by atoms with Crippen LogP contribution in [0, 0.1) is 0 Å². The lowest BCUT2D eigenvalue weighted by Crippen LogP contribution is -1.99. The molecule has 0 unspecified atom stereocenters. The fourth-order valence-electron chi connectivity index (χ4n) is 1.56. The SMILES string of the molecule is CCn1c(CCl)nc2c(Cl)ncc(Br)c21. The van der Waals surface area contributed by atoms with Crippen LogP contribution in [0.2, 0.25) is 5.15 Å². The maximum Gasteiger partial charge on any atom is 0.156 e. The highest BCUT2D eigenvalue weighted by Crippen LogP contribution is 2.29. The van der Waals surface area contributed by atoms with E-state index in [1.165, 1.54) is 0 Å². The van der Waals surface area contributed by atoms with Crippen molar-refractivity contribution in [3.8, 4) is 0 Å². The Bertz CT molecular complexity index is 510. The number of hydrogen-bond acceptors (Lipinski definition) is 2. The molecule has 0 saturated heterocycles. The molecule has 0 aromatic carbocycles. The normalized spacial score (nSPS) is 11.2. The van der Waals surface area contributed by atoms with Crippen LogP contribution in [0.4, 0.5) is 0 Å². The zero-order chi connectivity index (χ0) is 11.0. The van der Waals surface area contributed by atoms with Crippen molar-refractivity contribution < 1.29 is 0 Å². The first-order valence-corrected chi connectivity index (χ1v) is 6.14. The van der Waals surface area contributed by atoms with Gasteiger partial charge in [0.15, 0.2) is 5.15 Å². The molecular weight excluding hydrogens is 301 g/mol. The molecule has 0 saturated carbocycles. The molecular formula is C9H8BrCl2N3. The van der Waals surface area contributed by atoms with E-state index in [2.05, 4.69) is 25.9 Å². The number of pyridine rings is 1. The van der Waals surface area contributed by atoms with Gasteiger partial charge in [-0.2, -0.15) is 0 Å². The Morgan fingerprint density at radius 3 is 2.87 bits per heavy atom. The van der Waals surface area contributed by atoms with Crippen LogP contribution in [0.1, 0.15) is 12.7 Å². The quantitative estimate of drug-likeness (QED) is 0.627. The first-order valence-electron chi connectivity index (χ1n) is 4.44. The molecule has 0 radical (unpaired) electrons. The number of aryl methyl sites for hydroxylation is 1. The monoisotopic (exact) mass is 307 g/mol. The predicted molar refractivity (Wildman–Crippen MR) is 65.5 cm³/mol. The third-order valence-corrected chi connectivity index (χ3v) is 3.29. The van der Waals surface area contributed by atoms with Gasteiger partial charge < -0.3 is 4.57 Å². The maximum atomic E-state index is 5.98. The third-order valence-electron chi connectivity index (χ3n) is 2.20. The van der Waals surface area contributed by atoms with Crippen molar-refractivity contribution in [1.82, 2.24) is 14.5 Å². The zero-order valence-electron chi connectivity index (χ0n) is 7.97. The molecule has 0 amide bonds. The van der Waals surface area contributed by atoms with Gasteiger partial charge in [-0.05, 0) is 22.9 Å². The molecule has 0 aliphatic heterocycles. The summed E-state index contributed by atoms with van der Waals surface area (Å²) in [5.41, 5.74) is 1.65. The number of imidazole rings is 1. The van der Waals surface area contributed by atoms with Gasteiger partial charge in [-0.1, -0.05) is 11.6 Å². The third kappa shape index (κ3) is 1.75. The number of nitrogens with zero attached hydrogens (tertiary/aromatic N) is 3.